The van der Waals surface area contributed by atoms with E-state index in [9.17, 15) is 9.90 Å². The van der Waals surface area contributed by atoms with Crippen LogP contribution in [-0.4, -0.2) is 35.3 Å². The fourth-order valence-electron chi connectivity index (χ4n) is 2.27. The van der Waals surface area contributed by atoms with Crippen molar-refractivity contribution in [3.8, 4) is 0 Å². The number of carbonyl (C=O) groups excluding carboxylic acids is 1. The van der Waals surface area contributed by atoms with Crippen LogP contribution in [0.1, 0.15) is 21.5 Å². The Balaban J connectivity index is 2.11. The van der Waals surface area contributed by atoms with Gasteiger partial charge in [0.15, 0.2) is 0 Å². The molecule has 116 valence electrons. The molecule has 4 heteroatoms. The van der Waals surface area contributed by atoms with Gasteiger partial charge in [-0.1, -0.05) is 42.5 Å². The highest BCUT2D eigenvalue weighted by atomic mass is 32.2. The van der Waals surface area contributed by atoms with Gasteiger partial charge in [0, 0.05) is 24.4 Å². The van der Waals surface area contributed by atoms with Gasteiger partial charge in [-0.3, -0.25) is 4.79 Å². The topological polar surface area (TPSA) is 40.5 Å². The van der Waals surface area contributed by atoms with Crippen LogP contribution in [-0.2, 0) is 12.3 Å². The van der Waals surface area contributed by atoms with Gasteiger partial charge in [-0.05, 0) is 29.5 Å². The summed E-state index contributed by atoms with van der Waals surface area (Å²) >= 11 is 1.76. The van der Waals surface area contributed by atoms with Gasteiger partial charge in [0.25, 0.3) is 5.91 Å². The number of hydrogen-bond acceptors (Lipinski definition) is 3. The summed E-state index contributed by atoms with van der Waals surface area (Å²) < 4.78 is 0. The fourth-order valence-corrected chi connectivity index (χ4v) is 2.80. The van der Waals surface area contributed by atoms with Crippen molar-refractivity contribution < 1.29 is 9.90 Å². The molecular formula is C18H21NO2S. The molecule has 0 fully saturated rings. The van der Waals surface area contributed by atoms with Crippen molar-refractivity contribution in [1.82, 2.24) is 4.90 Å². The minimum Gasteiger partial charge on any atom is -0.395 e. The third-order valence-corrected chi connectivity index (χ3v) is 4.01. The summed E-state index contributed by atoms with van der Waals surface area (Å²) in [5, 5.41) is 9.23. The number of hydrogen-bond donors (Lipinski definition) is 1. The van der Waals surface area contributed by atoms with Crippen LogP contribution in [0.5, 0.6) is 0 Å². The van der Waals surface area contributed by atoms with Gasteiger partial charge in [-0.25, -0.2) is 0 Å². The summed E-state index contributed by atoms with van der Waals surface area (Å²) in [5.41, 5.74) is 2.93. The summed E-state index contributed by atoms with van der Waals surface area (Å²) in [7, 11) is 0. The molecule has 0 aromatic heterocycles. The van der Waals surface area contributed by atoms with E-state index in [1.54, 1.807) is 16.7 Å². The minimum absolute atomic E-state index is 0.0386. The van der Waals surface area contributed by atoms with Crippen LogP contribution in [0.25, 0.3) is 0 Å². The van der Waals surface area contributed by atoms with Gasteiger partial charge in [-0.2, -0.15) is 11.8 Å². The number of nitrogens with zero attached hydrogens (tertiary/aromatic N) is 1. The van der Waals surface area contributed by atoms with Crippen molar-refractivity contribution in [2.75, 3.05) is 19.4 Å². The van der Waals surface area contributed by atoms with Gasteiger partial charge in [0.05, 0.1) is 6.61 Å². The standard InChI is InChI=1S/C18H21NO2S/c1-22-14-16-7-9-17(10-8-16)18(21)19(11-12-20)13-15-5-3-2-4-6-15/h2-10,20H,11-14H2,1H3. The van der Waals surface area contributed by atoms with Gasteiger partial charge in [0.2, 0.25) is 0 Å². The smallest absolute Gasteiger partial charge is 0.254 e. The second kappa shape index (κ2) is 8.61. The zero-order valence-corrected chi connectivity index (χ0v) is 13.6. The van der Waals surface area contributed by atoms with E-state index >= 15 is 0 Å². The number of amides is 1. The number of thioether (sulfide) groups is 1. The predicted molar refractivity (Wildman–Crippen MR) is 91.9 cm³/mol. The first-order valence-corrected chi connectivity index (χ1v) is 8.66. The molecule has 0 radical (unpaired) electrons. The van der Waals surface area contributed by atoms with Crippen LogP contribution >= 0.6 is 11.8 Å². The molecular weight excluding hydrogens is 294 g/mol. The third kappa shape index (κ3) is 4.61. The maximum Gasteiger partial charge on any atom is 0.254 e. The molecule has 3 nitrogen and oxygen atoms in total. The third-order valence-electron chi connectivity index (χ3n) is 3.39. The molecule has 2 rings (SSSR count). The van der Waals surface area contributed by atoms with Gasteiger partial charge < -0.3 is 10.0 Å². The molecule has 2 aromatic carbocycles. The number of benzene rings is 2. The highest BCUT2D eigenvalue weighted by Crippen LogP contribution is 2.14. The first kappa shape index (κ1) is 16.6. The average Bonchev–Trinajstić information content (AvgIpc) is 2.56. The number of carbonyl (C=O) groups is 1. The minimum atomic E-state index is -0.0476. The summed E-state index contributed by atoms with van der Waals surface area (Å²) in [5.74, 6) is 0.896. The van der Waals surface area contributed by atoms with Gasteiger partial charge in [0.1, 0.15) is 0 Å². The molecule has 0 spiro atoms. The van der Waals surface area contributed by atoms with Crippen molar-refractivity contribution in [2.24, 2.45) is 0 Å². The van der Waals surface area contributed by atoms with Crippen LogP contribution in [0.3, 0.4) is 0 Å². The van der Waals surface area contributed by atoms with E-state index < -0.39 is 0 Å². The zero-order valence-electron chi connectivity index (χ0n) is 12.7. The van der Waals surface area contributed by atoms with Crippen molar-refractivity contribution in [2.45, 2.75) is 12.3 Å². The van der Waals surface area contributed by atoms with Gasteiger partial charge >= 0.3 is 0 Å². The van der Waals surface area contributed by atoms with E-state index in [0.29, 0.717) is 18.7 Å². The van der Waals surface area contributed by atoms with Crippen LogP contribution in [0.4, 0.5) is 0 Å². The lowest BCUT2D eigenvalue weighted by atomic mass is 10.1. The molecule has 1 amide bonds. The van der Waals surface area contributed by atoms with Crippen molar-refractivity contribution in [1.29, 1.82) is 0 Å². The van der Waals surface area contributed by atoms with E-state index in [-0.39, 0.29) is 12.5 Å². The number of rotatable bonds is 7. The van der Waals surface area contributed by atoms with E-state index in [4.69, 9.17) is 0 Å². The van der Waals surface area contributed by atoms with E-state index in [1.807, 2.05) is 54.6 Å². The summed E-state index contributed by atoms with van der Waals surface area (Å²) in [6, 6.07) is 17.5. The SMILES string of the molecule is CSCc1ccc(C(=O)N(CCO)Cc2ccccc2)cc1. The molecule has 1 N–H and O–H groups in total. The van der Waals surface area contributed by atoms with E-state index in [1.165, 1.54) is 5.56 Å². The average molecular weight is 315 g/mol. The van der Waals surface area contributed by atoms with Crippen LogP contribution in [0.2, 0.25) is 0 Å². The van der Waals surface area contributed by atoms with Crippen molar-refractivity contribution in [3.63, 3.8) is 0 Å². The predicted octanol–water partition coefficient (Wildman–Crippen LogP) is 3.18. The zero-order chi connectivity index (χ0) is 15.8. The Kier molecular flexibility index (Phi) is 6.49. The van der Waals surface area contributed by atoms with Crippen LogP contribution < -0.4 is 0 Å². The lowest BCUT2D eigenvalue weighted by Crippen LogP contribution is -2.33. The molecule has 0 saturated heterocycles. The van der Waals surface area contributed by atoms with Crippen molar-refractivity contribution in [3.05, 3.63) is 71.3 Å². The Hall–Kier alpha value is -1.78. The number of aliphatic hydroxyl groups excluding tert-OH is 1. The number of aliphatic hydroxyl groups is 1. The maximum absolute atomic E-state index is 12.6. The normalized spacial score (nSPS) is 10.5. The highest BCUT2D eigenvalue weighted by molar-refractivity contribution is 7.97. The molecule has 0 aliphatic carbocycles. The second-order valence-corrected chi connectivity index (χ2v) is 5.93. The molecule has 0 saturated carbocycles. The van der Waals surface area contributed by atoms with Crippen LogP contribution in [0, 0.1) is 0 Å². The largest absolute Gasteiger partial charge is 0.395 e. The molecule has 2 aromatic rings. The Morgan fingerprint density at radius 2 is 1.73 bits per heavy atom. The fraction of sp³-hybridized carbons (Fsp3) is 0.278. The summed E-state index contributed by atoms with van der Waals surface area (Å²) in [6.07, 6.45) is 2.06. The van der Waals surface area contributed by atoms with Crippen molar-refractivity contribution >= 4 is 17.7 Å². The molecule has 22 heavy (non-hydrogen) atoms. The Labute approximate surface area is 136 Å². The summed E-state index contributed by atoms with van der Waals surface area (Å²) in [6.45, 7) is 0.802. The second-order valence-electron chi connectivity index (χ2n) is 5.07. The lowest BCUT2D eigenvalue weighted by molar-refractivity contribution is 0.0708. The Bertz CT molecular complexity index is 584. The molecule has 0 bridgehead atoms. The molecule has 0 atom stereocenters. The molecule has 0 heterocycles. The Morgan fingerprint density at radius 3 is 2.32 bits per heavy atom. The quantitative estimate of drug-likeness (QED) is 0.853. The maximum atomic E-state index is 12.6. The van der Waals surface area contributed by atoms with Gasteiger partial charge in [-0.15, -0.1) is 0 Å². The molecule has 0 aliphatic heterocycles. The molecule has 0 aliphatic rings. The lowest BCUT2D eigenvalue weighted by Gasteiger charge is -2.22. The molecule has 0 unspecified atom stereocenters. The monoisotopic (exact) mass is 315 g/mol. The Morgan fingerprint density at radius 1 is 1.05 bits per heavy atom. The summed E-state index contributed by atoms with van der Waals surface area (Å²) in [4.78, 5) is 14.3. The van der Waals surface area contributed by atoms with Crippen LogP contribution in [0.15, 0.2) is 54.6 Å². The van der Waals surface area contributed by atoms with E-state index in [2.05, 4.69) is 6.26 Å². The first-order valence-electron chi connectivity index (χ1n) is 7.26. The highest BCUT2D eigenvalue weighted by Gasteiger charge is 2.15. The first-order chi connectivity index (χ1) is 10.7. The van der Waals surface area contributed by atoms with E-state index in [0.717, 1.165) is 11.3 Å².